The fourth-order valence-corrected chi connectivity index (χ4v) is 22.4. The molecule has 0 amide bonds. The zero-order valence-electron chi connectivity index (χ0n) is 55.3. The number of carbonyl (C=O) groups is 2. The maximum absolute atomic E-state index is 14.8. The highest BCUT2D eigenvalue weighted by molar-refractivity contribution is 8.77. The van der Waals surface area contributed by atoms with Crippen LogP contribution < -0.4 is 42.8 Å². The number of ether oxygens (including phenoxy) is 1. The minimum absolute atomic E-state index is 0.0173. The molecule has 502 valence electrons. The number of phenols is 1. The largest absolute Gasteiger partial charge is 0.504 e. The first-order valence-electron chi connectivity index (χ1n) is 35.5. The van der Waals surface area contributed by atoms with Gasteiger partial charge in [0.15, 0.2) is 23.2 Å². The van der Waals surface area contributed by atoms with E-state index < -0.39 is 18.9 Å². The molecule has 4 heterocycles. The van der Waals surface area contributed by atoms with Crippen molar-refractivity contribution in [3.05, 3.63) is 171 Å². The second kappa shape index (κ2) is 30.0. The van der Waals surface area contributed by atoms with E-state index in [0.717, 1.165) is 126 Å². The fraction of sp³-hybridized carbons (Fsp3) is 0.551. The number of benzene rings is 4. The Balaban J connectivity index is 0.907. The third-order valence-electron chi connectivity index (χ3n) is 24.0. The molecule has 4 saturated carbocycles. The summed E-state index contributed by atoms with van der Waals surface area (Å²) < 4.78 is 5.75. The first-order chi connectivity index (χ1) is 45.7. The van der Waals surface area contributed by atoms with Crippen LogP contribution in [0.3, 0.4) is 0 Å². The van der Waals surface area contributed by atoms with Crippen molar-refractivity contribution >= 4 is 44.7 Å². The second-order valence-electron chi connectivity index (χ2n) is 29.7. The number of aliphatic hydroxyl groups excluding tert-OH is 2. The standard InChI is InChI=1S/C78H102N8O6S2/c1-48(88)42-83-72-41-77(40-67-64-23-26-81-43-59(64)32-55-15-8-25-82-74(55)67)38-54-19-21-71(77)78(72)24-22-56(39-78)58-29-52-13-7-14-53(28-52)31-70(94-93-47-86-76(80)85-44-58)73-65(20-18-51-12-6-11-50(27-51)17-16-49-9-4-3-5-10-49)60(45-84-75(73)79)33-57-35-68(91)69(92-2)37-66(57)61(46-87)34-63(90)36-62(89)30-54/h3-15,27-28,34-35,37,45,48,54-56,58-59,64,67,70-72,74-75,81-84,87-88,91H,16-26,29-33,36,38-44,46-47,79H2,1-2H3,(H3,80,85,86)/b61-34+/t48-,54+,55-,56-,58-,59+,64-,67+,70-,71-,72+,74+,75?,77-,78-/m0/s1. The van der Waals surface area contributed by atoms with Gasteiger partial charge >= 0.3 is 0 Å². The van der Waals surface area contributed by atoms with Gasteiger partial charge in [-0.1, -0.05) is 113 Å². The molecule has 10 aliphatic rings. The Morgan fingerprint density at radius 1 is 0.851 bits per heavy atom. The third-order valence-corrected chi connectivity index (χ3v) is 26.4. The zero-order valence-corrected chi connectivity index (χ0v) is 57.0. The molecule has 4 aromatic carbocycles. The number of aromatic hydroxyl groups is 1. The summed E-state index contributed by atoms with van der Waals surface area (Å²) in [6.07, 6.45) is 23.4. The van der Waals surface area contributed by atoms with Gasteiger partial charge in [0.1, 0.15) is 5.78 Å². The Morgan fingerprint density at radius 2 is 1.65 bits per heavy atom. The number of aliphatic imine (C=N–C) groups is 1. The average molecular weight is 1310 g/mol. The molecule has 14 rings (SSSR count). The molecule has 4 aromatic rings. The van der Waals surface area contributed by atoms with Gasteiger partial charge in [-0.3, -0.25) is 9.59 Å². The molecule has 11 bridgehead atoms. The number of dihydropyridines is 1. The van der Waals surface area contributed by atoms with E-state index in [1.54, 1.807) is 33.7 Å². The molecule has 1 saturated heterocycles. The summed E-state index contributed by atoms with van der Waals surface area (Å²) in [5.41, 5.74) is 25.5. The van der Waals surface area contributed by atoms with Crippen molar-refractivity contribution in [3.63, 3.8) is 0 Å². The number of phenolic OH excluding ortho intramolecular Hbond substituents is 1. The number of nitrogens with one attached hydrogen (secondary N) is 5. The first kappa shape index (κ1) is 66.9. The maximum atomic E-state index is 14.8. The van der Waals surface area contributed by atoms with Crippen molar-refractivity contribution in [2.45, 2.75) is 159 Å². The van der Waals surface area contributed by atoms with Crippen LogP contribution in [0.15, 0.2) is 137 Å². The number of methoxy groups -OCH3 is 1. The van der Waals surface area contributed by atoms with Gasteiger partial charge < -0.3 is 58.1 Å². The summed E-state index contributed by atoms with van der Waals surface area (Å²) in [7, 11) is 4.97. The number of hydrogen-bond acceptors (Lipinski definition) is 16. The van der Waals surface area contributed by atoms with Gasteiger partial charge in [-0.15, -0.1) is 0 Å². The minimum atomic E-state index is -0.519. The first-order valence-corrected chi connectivity index (χ1v) is 37.9. The van der Waals surface area contributed by atoms with Crippen LogP contribution in [0.5, 0.6) is 11.5 Å². The minimum Gasteiger partial charge on any atom is -0.504 e. The van der Waals surface area contributed by atoms with Gasteiger partial charge in [0, 0.05) is 49.6 Å². The summed E-state index contributed by atoms with van der Waals surface area (Å²) in [4.78, 5) is 34.5. The predicted molar refractivity (Wildman–Crippen MR) is 381 cm³/mol. The van der Waals surface area contributed by atoms with E-state index in [4.69, 9.17) is 21.2 Å². The zero-order chi connectivity index (χ0) is 64.9. The summed E-state index contributed by atoms with van der Waals surface area (Å²) in [6, 6.07) is 32.9. The smallest absolute Gasteiger partial charge is 0.189 e. The lowest BCUT2D eigenvalue weighted by molar-refractivity contribution is -0.126. The highest BCUT2D eigenvalue weighted by Gasteiger charge is 2.66. The van der Waals surface area contributed by atoms with Gasteiger partial charge in [-0.2, -0.15) is 0 Å². The number of nitrogens with zero attached hydrogens (tertiary/aromatic N) is 1. The maximum Gasteiger partial charge on any atom is 0.189 e. The van der Waals surface area contributed by atoms with Gasteiger partial charge in [0.2, 0.25) is 0 Å². The van der Waals surface area contributed by atoms with Gasteiger partial charge in [0.25, 0.3) is 0 Å². The summed E-state index contributed by atoms with van der Waals surface area (Å²) in [6.45, 7) is 5.70. The number of piperidine rings is 1. The van der Waals surface area contributed by atoms with Crippen molar-refractivity contribution in [3.8, 4) is 11.5 Å². The second-order valence-corrected chi connectivity index (χ2v) is 32.3. The lowest BCUT2D eigenvalue weighted by atomic mass is 9.52. The molecule has 16 heteroatoms. The normalized spacial score (nSPS) is 33.1. The monoisotopic (exact) mass is 1310 g/mol. The van der Waals surface area contributed by atoms with Crippen LogP contribution in [-0.4, -0.2) is 115 Å². The quantitative estimate of drug-likeness (QED) is 0.0341. The average Bonchev–Trinajstić information content (AvgIpc) is 1.55. The number of guanidine groups is 1. The van der Waals surface area contributed by atoms with E-state index >= 15 is 0 Å². The molecule has 1 spiro atoms. The number of nitrogens with two attached hydrogens (primary N) is 2. The van der Waals surface area contributed by atoms with Crippen molar-refractivity contribution in [2.75, 3.05) is 52.3 Å². The molecule has 14 nitrogen and oxygen atoms in total. The highest BCUT2D eigenvalue weighted by atomic mass is 33.1. The number of ketones is 2. The van der Waals surface area contributed by atoms with Crippen LogP contribution in [0.1, 0.15) is 129 Å². The lowest BCUT2D eigenvalue weighted by Gasteiger charge is -2.55. The van der Waals surface area contributed by atoms with Crippen LogP contribution in [0.25, 0.3) is 5.57 Å². The van der Waals surface area contributed by atoms with Crippen molar-refractivity contribution in [1.82, 2.24) is 26.6 Å². The number of carbonyl (C=O) groups excluding carboxylic acids is 2. The molecule has 0 aromatic heterocycles. The molecule has 6 aliphatic carbocycles. The van der Waals surface area contributed by atoms with Crippen LogP contribution >= 0.6 is 21.6 Å². The number of aliphatic hydroxyl groups is 2. The van der Waals surface area contributed by atoms with Crippen LogP contribution in [0, 0.1) is 58.2 Å². The Bertz CT molecular complexity index is 3520. The van der Waals surface area contributed by atoms with Crippen LogP contribution in [0.4, 0.5) is 0 Å². The third kappa shape index (κ3) is 14.9. The van der Waals surface area contributed by atoms with Crippen LogP contribution in [0.2, 0.25) is 0 Å². The molecule has 0 radical (unpaired) electrons. The number of aryl methyl sites for hydroxylation is 3. The molecular formula is C78H102N8O6S2. The van der Waals surface area contributed by atoms with E-state index in [1.807, 2.05) is 13.1 Å². The number of Topliss-reactive ketones (excluding diaryl/α,β-unsaturated/α-hetero) is 1. The topological polar surface area (TPSA) is 229 Å². The van der Waals surface area contributed by atoms with E-state index in [9.17, 15) is 24.9 Å². The summed E-state index contributed by atoms with van der Waals surface area (Å²) >= 11 is 0. The van der Waals surface area contributed by atoms with Crippen molar-refractivity contribution in [1.29, 1.82) is 0 Å². The van der Waals surface area contributed by atoms with Crippen molar-refractivity contribution < 1.29 is 29.6 Å². The number of hydrogen-bond donors (Lipinski definition) is 10. The van der Waals surface area contributed by atoms with E-state index in [-0.39, 0.29) is 63.4 Å². The molecule has 5 fully saturated rings. The van der Waals surface area contributed by atoms with Crippen LogP contribution in [-0.2, 0) is 48.1 Å². The number of allylic oxidation sites excluding steroid dienone is 3. The summed E-state index contributed by atoms with van der Waals surface area (Å²) in [5, 5.41) is 53.4. The van der Waals surface area contributed by atoms with Gasteiger partial charge in [0.05, 0.1) is 38.3 Å². The van der Waals surface area contributed by atoms with E-state index in [0.29, 0.717) is 95.9 Å². The SMILES string of the molecule is COc1cc2c(cc1O)CC1=CNC(N)C(=C1CCc1cccc(CCc3ccccc3)c1)[C@@H]1Cc3cccc(c3)C[C@@H](CNC(N)=NCSS1)[C@H]1CC[C@@]3(C1)[C@H](NC[C@H](C)O)C[C@@]1(C[C@@H]4[C@H]5CCNC[C@H]5C[C@@H]5C=CCN[C@@H]45)C[C@H](CC[C@@H]13)CC(=O)CC(=O)/C=C/2CO. The molecule has 15 atom stereocenters. The highest BCUT2D eigenvalue weighted by Crippen LogP contribution is 2.71. The number of rotatable bonds is 13. The Labute approximate surface area is 565 Å². The van der Waals surface area contributed by atoms with E-state index in [2.05, 4.69) is 118 Å². The van der Waals surface area contributed by atoms with Gasteiger partial charge in [-0.25, -0.2) is 4.99 Å². The molecule has 4 aliphatic heterocycles. The van der Waals surface area contributed by atoms with E-state index in [1.165, 1.54) is 53.8 Å². The Hall–Kier alpha value is -5.69. The Kier molecular flexibility index (Phi) is 21.3. The molecule has 12 N–H and O–H groups in total. The lowest BCUT2D eigenvalue weighted by Crippen LogP contribution is -2.57. The molecule has 1 unspecified atom stereocenters. The Morgan fingerprint density at radius 3 is 2.47 bits per heavy atom. The predicted octanol–water partition coefficient (Wildman–Crippen LogP) is 10.5. The van der Waals surface area contributed by atoms with Crippen molar-refractivity contribution in [2.24, 2.45) is 74.6 Å². The summed E-state index contributed by atoms with van der Waals surface area (Å²) in [5.74, 6) is 4.09. The fourth-order valence-electron chi connectivity index (χ4n) is 20.0. The van der Waals surface area contributed by atoms with Gasteiger partial charge in [-0.05, 0) is 267 Å². The molecular weight excluding hydrogens is 1210 g/mol. The molecule has 94 heavy (non-hydrogen) atoms. The number of fused-ring (bicyclic) bond motifs is 7.